The minimum atomic E-state index is -0.347. The molecule has 0 saturated carbocycles. The molecule has 2 N–H and O–H groups in total. The van der Waals surface area contributed by atoms with E-state index in [0.29, 0.717) is 11.3 Å². The summed E-state index contributed by atoms with van der Waals surface area (Å²) in [4.78, 5) is 12.5. The van der Waals surface area contributed by atoms with Gasteiger partial charge in [0.2, 0.25) is 0 Å². The second kappa shape index (κ2) is 7.70. The highest BCUT2D eigenvalue weighted by atomic mass is 16.5. The van der Waals surface area contributed by atoms with Crippen LogP contribution in [-0.4, -0.2) is 23.1 Å². The molecule has 0 fully saturated rings. The van der Waals surface area contributed by atoms with Gasteiger partial charge in [-0.25, -0.2) is 0 Å². The first-order valence-electron chi connectivity index (χ1n) is 9.32. The van der Waals surface area contributed by atoms with Crippen LogP contribution < -0.4 is 4.74 Å². The van der Waals surface area contributed by atoms with Crippen molar-refractivity contribution in [1.29, 1.82) is 0 Å². The number of ketones is 1. The molecule has 0 aliphatic carbocycles. The normalized spacial score (nSPS) is 12.4. The Morgan fingerprint density at radius 3 is 2.00 bits per heavy atom. The Morgan fingerprint density at radius 1 is 0.964 bits per heavy atom. The highest BCUT2D eigenvalue weighted by molar-refractivity contribution is 6.07. The number of hydrogen-bond acceptors (Lipinski definition) is 4. The largest absolute Gasteiger partial charge is 0.508 e. The average molecular weight is 383 g/mol. The lowest BCUT2D eigenvalue weighted by Crippen LogP contribution is -2.19. The van der Waals surface area contributed by atoms with Crippen molar-refractivity contribution in [2.75, 3.05) is 7.11 Å². The molecule has 0 bridgehead atoms. The number of carbonyl (C=O) groups is 1. The molecule has 0 saturated heterocycles. The summed E-state index contributed by atoms with van der Waals surface area (Å²) in [6.45, 7) is 12.2. The Balaban J connectivity index is 2.62. The summed E-state index contributed by atoms with van der Waals surface area (Å²) in [5.74, 6) is 0.738. The summed E-state index contributed by atoms with van der Waals surface area (Å²) in [7, 11) is 1.57. The van der Waals surface area contributed by atoms with Gasteiger partial charge in [0, 0.05) is 22.3 Å². The number of allylic oxidation sites excluding steroid dienone is 1. The van der Waals surface area contributed by atoms with Gasteiger partial charge in [-0.2, -0.15) is 0 Å². The van der Waals surface area contributed by atoms with Crippen LogP contribution in [0.3, 0.4) is 0 Å². The Morgan fingerprint density at radius 2 is 1.54 bits per heavy atom. The lowest BCUT2D eigenvalue weighted by Gasteiger charge is -2.30. The molecule has 150 valence electrons. The molecule has 4 heteroatoms. The molecule has 0 amide bonds. The van der Waals surface area contributed by atoms with Crippen LogP contribution in [0.15, 0.2) is 36.4 Å². The van der Waals surface area contributed by atoms with E-state index in [1.807, 2.05) is 47.6 Å². The highest BCUT2D eigenvalue weighted by Crippen LogP contribution is 2.46. The van der Waals surface area contributed by atoms with Crippen molar-refractivity contribution in [3.05, 3.63) is 58.7 Å². The fraction of sp³-hybridized carbons (Fsp3) is 0.375. The zero-order chi connectivity index (χ0) is 21.3. The Labute approximate surface area is 167 Å². The van der Waals surface area contributed by atoms with Crippen LogP contribution in [0.25, 0.3) is 6.08 Å². The number of aromatic hydroxyl groups is 2. The van der Waals surface area contributed by atoms with Crippen LogP contribution >= 0.6 is 0 Å². The molecule has 0 radical (unpaired) electrons. The van der Waals surface area contributed by atoms with Crippen molar-refractivity contribution in [2.24, 2.45) is 0 Å². The maximum absolute atomic E-state index is 12.5. The van der Waals surface area contributed by atoms with Crippen molar-refractivity contribution in [3.63, 3.8) is 0 Å². The fourth-order valence-corrected chi connectivity index (χ4v) is 3.17. The van der Waals surface area contributed by atoms with E-state index in [9.17, 15) is 15.0 Å². The summed E-state index contributed by atoms with van der Waals surface area (Å²) in [5.41, 5.74) is 2.12. The first kappa shape index (κ1) is 21.5. The molecule has 0 aromatic heterocycles. The minimum Gasteiger partial charge on any atom is -0.508 e. The van der Waals surface area contributed by atoms with Gasteiger partial charge in [0.05, 0.1) is 7.11 Å². The van der Waals surface area contributed by atoms with Crippen molar-refractivity contribution in [3.8, 4) is 17.2 Å². The molecule has 0 heterocycles. The van der Waals surface area contributed by atoms with Gasteiger partial charge in [0.1, 0.15) is 17.2 Å². The van der Waals surface area contributed by atoms with Gasteiger partial charge in [-0.3, -0.25) is 4.79 Å². The van der Waals surface area contributed by atoms with Crippen molar-refractivity contribution in [1.82, 2.24) is 0 Å². The number of benzene rings is 2. The summed E-state index contributed by atoms with van der Waals surface area (Å²) < 4.78 is 5.65. The molecule has 2 aromatic rings. The van der Waals surface area contributed by atoms with E-state index in [1.54, 1.807) is 25.3 Å². The van der Waals surface area contributed by atoms with E-state index in [0.717, 1.165) is 16.7 Å². The van der Waals surface area contributed by atoms with E-state index in [4.69, 9.17) is 4.74 Å². The molecule has 0 aliphatic heterocycles. The van der Waals surface area contributed by atoms with Gasteiger partial charge in [0.15, 0.2) is 5.78 Å². The van der Waals surface area contributed by atoms with Gasteiger partial charge in [-0.1, -0.05) is 41.5 Å². The SMILES string of the molecule is COc1c(/C=C/C(=O)c2ccc(O)cc2)cc(C(C)(C)C)c(O)c1C(C)(C)C. The van der Waals surface area contributed by atoms with Gasteiger partial charge in [-0.05, 0) is 53.3 Å². The predicted molar refractivity (Wildman–Crippen MR) is 114 cm³/mol. The second-order valence-electron chi connectivity index (χ2n) is 9.01. The molecule has 0 aliphatic rings. The van der Waals surface area contributed by atoms with E-state index in [2.05, 4.69) is 0 Å². The topological polar surface area (TPSA) is 66.8 Å². The van der Waals surface area contributed by atoms with Crippen LogP contribution in [-0.2, 0) is 10.8 Å². The number of methoxy groups -OCH3 is 1. The first-order valence-corrected chi connectivity index (χ1v) is 9.32. The van der Waals surface area contributed by atoms with Crippen LogP contribution in [0.2, 0.25) is 0 Å². The van der Waals surface area contributed by atoms with Crippen LogP contribution in [0.5, 0.6) is 17.2 Å². The number of phenolic OH excluding ortho intramolecular Hbond substituents is 2. The molecule has 0 atom stereocenters. The monoisotopic (exact) mass is 382 g/mol. The van der Waals surface area contributed by atoms with Gasteiger partial charge in [-0.15, -0.1) is 0 Å². The Hall–Kier alpha value is -2.75. The standard InChI is InChI=1S/C24H30O4/c1-23(2,3)18-14-16(22(28-7)20(21(18)27)24(4,5)6)10-13-19(26)15-8-11-17(25)12-9-15/h8-14,25,27H,1-7H3/b13-10+. The second-order valence-corrected chi connectivity index (χ2v) is 9.01. The van der Waals surface area contributed by atoms with E-state index in [1.165, 1.54) is 18.2 Å². The third-order valence-electron chi connectivity index (χ3n) is 4.61. The zero-order valence-electron chi connectivity index (χ0n) is 17.8. The number of ether oxygens (including phenoxy) is 1. The lowest BCUT2D eigenvalue weighted by atomic mass is 9.77. The summed E-state index contributed by atoms with van der Waals surface area (Å²) in [6, 6.07) is 8.01. The third-order valence-corrected chi connectivity index (χ3v) is 4.61. The highest BCUT2D eigenvalue weighted by Gasteiger charge is 2.30. The van der Waals surface area contributed by atoms with Gasteiger partial charge < -0.3 is 14.9 Å². The average Bonchev–Trinajstić information content (AvgIpc) is 2.58. The minimum absolute atomic E-state index is 0.116. The van der Waals surface area contributed by atoms with Crippen molar-refractivity contribution < 1.29 is 19.7 Å². The molecule has 4 nitrogen and oxygen atoms in total. The number of phenols is 2. The Bertz CT molecular complexity index is 892. The first-order chi connectivity index (χ1) is 12.9. The molecular formula is C24H30O4. The van der Waals surface area contributed by atoms with Gasteiger partial charge in [0.25, 0.3) is 0 Å². The quantitative estimate of drug-likeness (QED) is 0.534. The van der Waals surface area contributed by atoms with E-state index < -0.39 is 0 Å². The predicted octanol–water partition coefficient (Wildman–Crippen LogP) is 5.60. The molecule has 0 unspecified atom stereocenters. The van der Waals surface area contributed by atoms with Crippen molar-refractivity contribution in [2.45, 2.75) is 52.4 Å². The fourth-order valence-electron chi connectivity index (χ4n) is 3.17. The molecule has 2 aromatic carbocycles. The van der Waals surface area contributed by atoms with Crippen LogP contribution in [0.1, 0.15) is 68.6 Å². The Kier molecular flexibility index (Phi) is 5.93. The smallest absolute Gasteiger partial charge is 0.185 e. The maximum Gasteiger partial charge on any atom is 0.185 e. The van der Waals surface area contributed by atoms with Crippen LogP contribution in [0.4, 0.5) is 0 Å². The molecule has 0 spiro atoms. The number of rotatable bonds is 4. The number of carbonyl (C=O) groups excluding carboxylic acids is 1. The summed E-state index contributed by atoms with van der Waals surface area (Å²) >= 11 is 0. The van der Waals surface area contributed by atoms with Gasteiger partial charge >= 0.3 is 0 Å². The summed E-state index contributed by atoms with van der Waals surface area (Å²) in [6.07, 6.45) is 3.21. The third kappa shape index (κ3) is 4.56. The lowest BCUT2D eigenvalue weighted by molar-refractivity contribution is 0.104. The molecule has 2 rings (SSSR count). The van der Waals surface area contributed by atoms with E-state index >= 15 is 0 Å². The molecule has 28 heavy (non-hydrogen) atoms. The van der Waals surface area contributed by atoms with Crippen molar-refractivity contribution >= 4 is 11.9 Å². The van der Waals surface area contributed by atoms with Crippen LogP contribution in [0, 0.1) is 0 Å². The molecular weight excluding hydrogens is 352 g/mol. The number of hydrogen-bond donors (Lipinski definition) is 2. The maximum atomic E-state index is 12.5. The summed E-state index contributed by atoms with van der Waals surface area (Å²) in [5, 5.41) is 20.4. The zero-order valence-corrected chi connectivity index (χ0v) is 17.8. The van der Waals surface area contributed by atoms with E-state index in [-0.39, 0.29) is 28.1 Å².